The van der Waals surface area contributed by atoms with E-state index in [-0.39, 0.29) is 29.0 Å². The molecular weight excluding hydrogens is 422 g/mol. The molecule has 33 heavy (non-hydrogen) atoms. The number of ether oxygens (including phenoxy) is 1. The second-order valence-electron chi connectivity index (χ2n) is 8.24. The Morgan fingerprint density at radius 2 is 1.67 bits per heavy atom. The molecule has 4 rings (SSSR count). The molecular formula is C24H29N5O4. The molecule has 0 N–H and O–H groups in total. The summed E-state index contributed by atoms with van der Waals surface area (Å²) < 4.78 is 11.7. The summed E-state index contributed by atoms with van der Waals surface area (Å²) in [5, 5.41) is 0. The molecule has 9 heteroatoms. The summed E-state index contributed by atoms with van der Waals surface area (Å²) in [7, 11) is 3.01. The van der Waals surface area contributed by atoms with Gasteiger partial charge in [0.2, 0.25) is 11.7 Å². The van der Waals surface area contributed by atoms with Crippen LogP contribution in [0.25, 0.3) is 16.9 Å². The first kappa shape index (κ1) is 22.6. The van der Waals surface area contributed by atoms with Crippen molar-refractivity contribution in [2.75, 3.05) is 6.61 Å². The third-order valence-electron chi connectivity index (χ3n) is 5.87. The highest BCUT2D eigenvalue weighted by molar-refractivity contribution is 5.76. The van der Waals surface area contributed by atoms with E-state index in [0.717, 1.165) is 29.4 Å². The molecule has 3 aromatic heterocycles. The van der Waals surface area contributed by atoms with E-state index >= 15 is 0 Å². The first-order valence-electron chi connectivity index (χ1n) is 11.3. The predicted octanol–water partition coefficient (Wildman–Crippen LogP) is 2.23. The number of unbranched alkanes of at least 4 members (excludes halogenated alkanes) is 1. The molecule has 1 aromatic carbocycles. The zero-order valence-corrected chi connectivity index (χ0v) is 19.5. The average molecular weight is 452 g/mol. The molecule has 0 bridgehead atoms. The van der Waals surface area contributed by atoms with Gasteiger partial charge in [-0.3, -0.25) is 23.3 Å². The van der Waals surface area contributed by atoms with Crippen LogP contribution in [0.3, 0.4) is 0 Å². The minimum absolute atomic E-state index is 0.197. The molecule has 174 valence electrons. The zero-order valence-electron chi connectivity index (χ0n) is 19.5. The Balaban J connectivity index is 2.17. The molecule has 0 fully saturated rings. The molecule has 0 atom stereocenters. The second-order valence-corrected chi connectivity index (χ2v) is 8.24. The second kappa shape index (κ2) is 9.09. The Morgan fingerprint density at radius 1 is 0.939 bits per heavy atom. The van der Waals surface area contributed by atoms with Crippen LogP contribution in [0, 0.1) is 0 Å². The smallest absolute Gasteiger partial charge is 0.332 e. The van der Waals surface area contributed by atoms with Crippen LogP contribution in [0.2, 0.25) is 0 Å². The Morgan fingerprint density at radius 3 is 2.33 bits per heavy atom. The number of aryl methyl sites for hydroxylation is 1. The standard InChI is InChI=1S/C24H29N5O4/c1-5-7-14-33-22-17(11-6-2)20(30)28(15-16-12-9-8-10-13-16)23-25-19-18(29(22)23)21(31)27(4)24(32)26(19)3/h8-10,12-13H,5-7,11,14-15H2,1-4H3. The maximum absolute atomic E-state index is 13.7. The minimum atomic E-state index is -0.478. The van der Waals surface area contributed by atoms with Crippen molar-refractivity contribution >= 4 is 16.9 Å². The lowest BCUT2D eigenvalue weighted by Gasteiger charge is -2.17. The Labute approximate surface area is 190 Å². The highest BCUT2D eigenvalue weighted by Gasteiger charge is 2.25. The molecule has 4 aromatic rings. The van der Waals surface area contributed by atoms with E-state index in [4.69, 9.17) is 4.74 Å². The first-order chi connectivity index (χ1) is 15.9. The van der Waals surface area contributed by atoms with E-state index in [0.29, 0.717) is 24.5 Å². The van der Waals surface area contributed by atoms with Crippen molar-refractivity contribution in [1.82, 2.24) is 23.1 Å². The predicted molar refractivity (Wildman–Crippen MR) is 127 cm³/mol. The fraction of sp³-hybridized carbons (Fsp3) is 0.417. The van der Waals surface area contributed by atoms with Crippen LogP contribution in [0.15, 0.2) is 44.7 Å². The summed E-state index contributed by atoms with van der Waals surface area (Å²) >= 11 is 0. The first-order valence-corrected chi connectivity index (χ1v) is 11.3. The van der Waals surface area contributed by atoms with Crippen LogP contribution in [-0.4, -0.2) is 29.7 Å². The molecule has 0 spiro atoms. The van der Waals surface area contributed by atoms with Crippen molar-refractivity contribution in [3.05, 3.63) is 72.7 Å². The molecule has 0 radical (unpaired) electrons. The van der Waals surface area contributed by atoms with Crippen LogP contribution < -0.4 is 21.5 Å². The van der Waals surface area contributed by atoms with Gasteiger partial charge in [-0.2, -0.15) is 4.98 Å². The normalized spacial score (nSPS) is 11.5. The summed E-state index contributed by atoms with van der Waals surface area (Å²) in [5.74, 6) is 0.622. The summed E-state index contributed by atoms with van der Waals surface area (Å²) in [5.41, 5.74) is 0.725. The Bertz CT molecular complexity index is 1490. The Kier molecular flexibility index (Phi) is 6.22. The van der Waals surface area contributed by atoms with Gasteiger partial charge in [0, 0.05) is 14.1 Å². The monoisotopic (exact) mass is 451 g/mol. The van der Waals surface area contributed by atoms with E-state index in [2.05, 4.69) is 11.9 Å². The summed E-state index contributed by atoms with van der Waals surface area (Å²) in [6.07, 6.45) is 2.97. The topological polar surface area (TPSA) is 92.5 Å². The molecule has 0 aliphatic rings. The van der Waals surface area contributed by atoms with Gasteiger partial charge >= 0.3 is 5.69 Å². The van der Waals surface area contributed by atoms with Crippen molar-refractivity contribution in [2.24, 2.45) is 14.1 Å². The molecule has 9 nitrogen and oxygen atoms in total. The van der Waals surface area contributed by atoms with E-state index in [1.54, 1.807) is 16.0 Å². The number of hydrogen-bond acceptors (Lipinski definition) is 5. The number of nitrogens with zero attached hydrogens (tertiary/aromatic N) is 5. The van der Waals surface area contributed by atoms with Crippen molar-refractivity contribution in [2.45, 2.75) is 46.1 Å². The molecule has 0 aliphatic carbocycles. The number of hydrogen-bond donors (Lipinski definition) is 0. The van der Waals surface area contributed by atoms with Crippen LogP contribution in [0.4, 0.5) is 0 Å². The van der Waals surface area contributed by atoms with Gasteiger partial charge in [0.25, 0.3) is 11.1 Å². The van der Waals surface area contributed by atoms with Gasteiger partial charge in [-0.05, 0) is 18.4 Å². The van der Waals surface area contributed by atoms with Crippen LogP contribution in [-0.2, 0) is 27.1 Å². The van der Waals surface area contributed by atoms with Gasteiger partial charge in [0.1, 0.15) is 0 Å². The largest absolute Gasteiger partial charge is 0.478 e. The third-order valence-corrected chi connectivity index (χ3v) is 5.87. The van der Waals surface area contributed by atoms with Crippen LogP contribution in [0.5, 0.6) is 5.88 Å². The quantitative estimate of drug-likeness (QED) is 0.383. The number of imidazole rings is 1. The van der Waals surface area contributed by atoms with Gasteiger partial charge in [-0.15, -0.1) is 0 Å². The van der Waals surface area contributed by atoms with Gasteiger partial charge in [0.15, 0.2) is 11.2 Å². The molecule has 0 unspecified atom stereocenters. The molecule has 0 saturated heterocycles. The van der Waals surface area contributed by atoms with Crippen molar-refractivity contribution < 1.29 is 4.74 Å². The zero-order chi connectivity index (χ0) is 23.7. The van der Waals surface area contributed by atoms with Gasteiger partial charge in [0.05, 0.1) is 18.7 Å². The van der Waals surface area contributed by atoms with Crippen molar-refractivity contribution in [1.29, 1.82) is 0 Å². The SMILES string of the molecule is CCCCOc1c(CCC)c(=O)n(Cc2ccccc2)c2nc3c(c(=O)n(C)c(=O)n3C)n12. The van der Waals surface area contributed by atoms with E-state index in [9.17, 15) is 14.4 Å². The van der Waals surface area contributed by atoms with E-state index in [1.807, 2.05) is 37.3 Å². The van der Waals surface area contributed by atoms with Crippen molar-refractivity contribution in [3.63, 3.8) is 0 Å². The maximum Gasteiger partial charge on any atom is 0.332 e. The highest BCUT2D eigenvalue weighted by atomic mass is 16.5. The lowest BCUT2D eigenvalue weighted by Crippen LogP contribution is -2.37. The fourth-order valence-corrected chi connectivity index (χ4v) is 4.07. The minimum Gasteiger partial charge on any atom is -0.478 e. The number of rotatable bonds is 8. The summed E-state index contributed by atoms with van der Waals surface area (Å²) in [6, 6.07) is 9.61. The number of benzene rings is 1. The molecule has 0 saturated carbocycles. The Hall–Kier alpha value is -3.62. The highest BCUT2D eigenvalue weighted by Crippen LogP contribution is 2.24. The summed E-state index contributed by atoms with van der Waals surface area (Å²) in [6.45, 7) is 4.75. The fourth-order valence-electron chi connectivity index (χ4n) is 4.07. The van der Waals surface area contributed by atoms with Gasteiger partial charge in [-0.1, -0.05) is 57.0 Å². The lowest BCUT2D eigenvalue weighted by molar-refractivity contribution is 0.289. The van der Waals surface area contributed by atoms with E-state index in [1.165, 1.54) is 11.6 Å². The van der Waals surface area contributed by atoms with Crippen LogP contribution >= 0.6 is 0 Å². The third kappa shape index (κ3) is 3.77. The maximum atomic E-state index is 13.7. The van der Waals surface area contributed by atoms with E-state index < -0.39 is 11.2 Å². The lowest BCUT2D eigenvalue weighted by atomic mass is 10.1. The average Bonchev–Trinajstić information content (AvgIpc) is 3.22. The molecule has 0 aliphatic heterocycles. The summed E-state index contributed by atoms with van der Waals surface area (Å²) in [4.78, 5) is 44.1. The van der Waals surface area contributed by atoms with Crippen molar-refractivity contribution in [3.8, 4) is 5.88 Å². The molecule has 3 heterocycles. The van der Waals surface area contributed by atoms with Gasteiger partial charge in [-0.25, -0.2) is 9.20 Å². The number of fused-ring (bicyclic) bond motifs is 3. The van der Waals surface area contributed by atoms with Crippen LogP contribution in [0.1, 0.15) is 44.2 Å². The number of aromatic nitrogens is 5. The molecule has 0 amide bonds. The van der Waals surface area contributed by atoms with Gasteiger partial charge < -0.3 is 4.74 Å².